The molecule has 1 aliphatic heterocycles. The van der Waals surface area contributed by atoms with Gasteiger partial charge in [0, 0.05) is 29.1 Å². The molecule has 0 bridgehead atoms. The zero-order valence-electron chi connectivity index (χ0n) is 16.0. The lowest BCUT2D eigenvalue weighted by Crippen LogP contribution is -2.25. The summed E-state index contributed by atoms with van der Waals surface area (Å²) in [5.74, 6) is 0.992. The van der Waals surface area contributed by atoms with Gasteiger partial charge in [-0.15, -0.1) is 5.10 Å². The van der Waals surface area contributed by atoms with E-state index in [1.807, 2.05) is 68.4 Å². The minimum Gasteiger partial charge on any atom is -0.494 e. The predicted molar refractivity (Wildman–Crippen MR) is 107 cm³/mol. The molecule has 6 nitrogen and oxygen atoms in total. The maximum Gasteiger partial charge on any atom is 0.243 e. The molecule has 4 rings (SSSR count). The highest BCUT2D eigenvalue weighted by molar-refractivity contribution is 5.97. The number of hydrazone groups is 1. The van der Waals surface area contributed by atoms with Crippen LogP contribution in [0.25, 0.3) is 10.9 Å². The molecular weight excluding hydrogens is 354 g/mol. The summed E-state index contributed by atoms with van der Waals surface area (Å²) >= 11 is 0. The lowest BCUT2D eigenvalue weighted by Gasteiger charge is -2.21. The highest BCUT2D eigenvalue weighted by Gasteiger charge is 2.34. The van der Waals surface area contributed by atoms with Crippen LogP contribution in [0.5, 0.6) is 5.75 Å². The number of nitrogens with zero attached hydrogens (tertiary/aromatic N) is 3. The summed E-state index contributed by atoms with van der Waals surface area (Å²) in [5.41, 5.74) is 3.37. The molecule has 3 aromatic rings. The average molecular weight is 375 g/mol. The van der Waals surface area contributed by atoms with E-state index < -0.39 is 6.23 Å². The van der Waals surface area contributed by atoms with Gasteiger partial charge in [0.05, 0.1) is 12.1 Å². The molecule has 0 saturated heterocycles. The summed E-state index contributed by atoms with van der Waals surface area (Å²) in [6, 6.07) is 17.2. The number of para-hydroxylation sites is 1. The molecule has 0 radical (unpaired) electrons. The van der Waals surface area contributed by atoms with Gasteiger partial charge in [-0.2, -0.15) is 5.01 Å². The van der Waals surface area contributed by atoms with Crippen LogP contribution in [-0.2, 0) is 9.53 Å². The average Bonchev–Trinajstić information content (AvgIpc) is 3.14. The smallest absolute Gasteiger partial charge is 0.243 e. The van der Waals surface area contributed by atoms with E-state index in [1.165, 1.54) is 11.9 Å². The van der Waals surface area contributed by atoms with Crippen LogP contribution in [-0.4, -0.2) is 28.4 Å². The van der Waals surface area contributed by atoms with Crippen LogP contribution in [0.15, 0.2) is 59.7 Å². The molecule has 6 heteroatoms. The number of hydrogen-bond acceptors (Lipinski definition) is 5. The Hall–Kier alpha value is -3.41. The first-order valence-electron chi connectivity index (χ1n) is 9.21. The van der Waals surface area contributed by atoms with E-state index >= 15 is 0 Å². The fourth-order valence-electron chi connectivity index (χ4n) is 3.29. The first-order chi connectivity index (χ1) is 13.6. The molecule has 28 heavy (non-hydrogen) atoms. The van der Waals surface area contributed by atoms with E-state index in [9.17, 15) is 4.79 Å². The van der Waals surface area contributed by atoms with Crippen LogP contribution in [0.1, 0.15) is 36.9 Å². The Balaban J connectivity index is 1.73. The van der Waals surface area contributed by atoms with E-state index in [1.54, 1.807) is 0 Å². The van der Waals surface area contributed by atoms with Crippen LogP contribution >= 0.6 is 0 Å². The van der Waals surface area contributed by atoms with Gasteiger partial charge in [-0.25, -0.2) is 0 Å². The van der Waals surface area contributed by atoms with Crippen LogP contribution in [0.2, 0.25) is 0 Å². The summed E-state index contributed by atoms with van der Waals surface area (Å²) in [6.07, 6.45) is -0.634. The number of aryl methyl sites for hydroxylation is 1. The standard InChI is InChI=1S/C22H21N3O3/c1-4-27-17-11-9-16(10-12-17)21-24-25(15(3)26)22(28-21)19-13-14(2)23-20-8-6-5-7-18(19)20/h5-13,22H,4H2,1-3H3/t22-/m1/s1. The van der Waals surface area contributed by atoms with E-state index in [0.717, 1.165) is 33.5 Å². The molecule has 0 saturated carbocycles. The third kappa shape index (κ3) is 3.29. The Morgan fingerprint density at radius 1 is 1.18 bits per heavy atom. The van der Waals surface area contributed by atoms with Gasteiger partial charge in [0.15, 0.2) is 0 Å². The van der Waals surface area contributed by atoms with Gasteiger partial charge in [0.1, 0.15) is 5.75 Å². The molecule has 0 aliphatic carbocycles. The second-order valence-electron chi connectivity index (χ2n) is 6.57. The molecule has 0 unspecified atom stereocenters. The molecule has 2 heterocycles. The lowest BCUT2D eigenvalue weighted by molar-refractivity contribution is -0.135. The Labute approximate surface area is 163 Å². The minimum atomic E-state index is -0.634. The zero-order valence-corrected chi connectivity index (χ0v) is 16.0. The van der Waals surface area contributed by atoms with Crippen molar-refractivity contribution in [1.82, 2.24) is 9.99 Å². The molecule has 142 valence electrons. The van der Waals surface area contributed by atoms with Gasteiger partial charge in [-0.3, -0.25) is 9.78 Å². The number of fused-ring (bicyclic) bond motifs is 1. The van der Waals surface area contributed by atoms with Gasteiger partial charge < -0.3 is 9.47 Å². The van der Waals surface area contributed by atoms with Crippen LogP contribution < -0.4 is 4.74 Å². The highest BCUT2D eigenvalue weighted by Crippen LogP contribution is 2.34. The van der Waals surface area contributed by atoms with Crippen molar-refractivity contribution in [3.05, 3.63) is 71.4 Å². The SMILES string of the molecule is CCOc1ccc(C2=NN(C(C)=O)[C@@H](c3cc(C)nc4ccccc34)O2)cc1. The summed E-state index contributed by atoms with van der Waals surface area (Å²) in [5, 5.41) is 6.76. The number of rotatable bonds is 4. The minimum absolute atomic E-state index is 0.190. The van der Waals surface area contributed by atoms with Gasteiger partial charge in [0.2, 0.25) is 18.0 Å². The second-order valence-corrected chi connectivity index (χ2v) is 6.57. The van der Waals surface area contributed by atoms with Gasteiger partial charge in [-0.1, -0.05) is 18.2 Å². The second kappa shape index (κ2) is 7.31. The fourth-order valence-corrected chi connectivity index (χ4v) is 3.29. The number of carbonyl (C=O) groups is 1. The van der Waals surface area contributed by atoms with Crippen LogP contribution in [0.3, 0.4) is 0 Å². The Morgan fingerprint density at radius 2 is 1.93 bits per heavy atom. The number of ether oxygens (including phenoxy) is 2. The Kier molecular flexibility index (Phi) is 4.69. The first-order valence-corrected chi connectivity index (χ1v) is 9.21. The summed E-state index contributed by atoms with van der Waals surface area (Å²) in [6.45, 7) is 5.95. The van der Waals surface area contributed by atoms with Gasteiger partial charge in [0.25, 0.3) is 0 Å². The van der Waals surface area contributed by atoms with Crippen molar-refractivity contribution in [2.75, 3.05) is 6.61 Å². The highest BCUT2D eigenvalue weighted by atomic mass is 16.5. The molecule has 2 aromatic carbocycles. The fraction of sp³-hybridized carbons (Fsp3) is 0.227. The van der Waals surface area contributed by atoms with Crippen molar-refractivity contribution in [1.29, 1.82) is 0 Å². The topological polar surface area (TPSA) is 64.0 Å². The largest absolute Gasteiger partial charge is 0.494 e. The molecule has 0 spiro atoms. The monoisotopic (exact) mass is 375 g/mol. The number of carbonyl (C=O) groups excluding carboxylic acids is 1. The number of aromatic nitrogens is 1. The molecule has 1 aliphatic rings. The van der Waals surface area contributed by atoms with Crippen molar-refractivity contribution in [3.63, 3.8) is 0 Å². The van der Waals surface area contributed by atoms with Crippen molar-refractivity contribution < 1.29 is 14.3 Å². The van der Waals surface area contributed by atoms with Gasteiger partial charge >= 0.3 is 0 Å². The Bertz CT molecular complexity index is 1060. The maximum absolute atomic E-state index is 12.3. The Morgan fingerprint density at radius 3 is 2.64 bits per heavy atom. The maximum atomic E-state index is 12.3. The molecule has 1 aromatic heterocycles. The number of amides is 1. The van der Waals surface area contributed by atoms with Crippen molar-refractivity contribution in [3.8, 4) is 5.75 Å². The number of hydrogen-bond donors (Lipinski definition) is 0. The zero-order chi connectivity index (χ0) is 19.7. The molecule has 0 N–H and O–H groups in total. The van der Waals surface area contributed by atoms with E-state index in [0.29, 0.717) is 12.5 Å². The normalized spacial score (nSPS) is 16.0. The number of benzene rings is 2. The van der Waals surface area contributed by atoms with Crippen molar-refractivity contribution >= 4 is 22.7 Å². The van der Waals surface area contributed by atoms with E-state index in [4.69, 9.17) is 9.47 Å². The molecular formula is C22H21N3O3. The first kappa shape index (κ1) is 18.0. The molecule has 1 atom stereocenters. The van der Waals surface area contributed by atoms with Crippen LogP contribution in [0.4, 0.5) is 0 Å². The van der Waals surface area contributed by atoms with Crippen LogP contribution in [0, 0.1) is 6.92 Å². The quantitative estimate of drug-likeness (QED) is 0.686. The summed E-state index contributed by atoms with van der Waals surface area (Å²) in [7, 11) is 0. The third-order valence-electron chi connectivity index (χ3n) is 4.52. The van der Waals surface area contributed by atoms with E-state index in [-0.39, 0.29) is 5.91 Å². The predicted octanol–water partition coefficient (Wildman–Crippen LogP) is 4.18. The molecule has 0 fully saturated rings. The van der Waals surface area contributed by atoms with E-state index in [2.05, 4.69) is 10.1 Å². The third-order valence-corrected chi connectivity index (χ3v) is 4.52. The lowest BCUT2D eigenvalue weighted by atomic mass is 10.1. The van der Waals surface area contributed by atoms with Crippen molar-refractivity contribution in [2.24, 2.45) is 5.10 Å². The van der Waals surface area contributed by atoms with Gasteiger partial charge in [-0.05, 0) is 50.2 Å². The summed E-state index contributed by atoms with van der Waals surface area (Å²) < 4.78 is 11.6. The summed E-state index contributed by atoms with van der Waals surface area (Å²) in [4.78, 5) is 16.8. The number of pyridine rings is 1. The molecule has 1 amide bonds. The van der Waals surface area contributed by atoms with Crippen molar-refractivity contribution in [2.45, 2.75) is 27.0 Å².